The number of benzene rings is 2. The zero-order valence-corrected chi connectivity index (χ0v) is 16.9. The van der Waals surface area contributed by atoms with Gasteiger partial charge in [0.05, 0.1) is 33.3 Å². The van der Waals surface area contributed by atoms with E-state index in [1.165, 1.54) is 6.07 Å². The van der Waals surface area contributed by atoms with Crippen LogP contribution in [0.3, 0.4) is 0 Å². The predicted molar refractivity (Wildman–Crippen MR) is 121 cm³/mol. The number of nitrogens with one attached hydrogen (secondary N) is 1. The van der Waals surface area contributed by atoms with Crippen LogP contribution in [0.2, 0.25) is 0 Å². The minimum Gasteiger partial charge on any atom is -0.354 e. The summed E-state index contributed by atoms with van der Waals surface area (Å²) in [6.45, 7) is 1.77. The third-order valence-electron chi connectivity index (χ3n) is 4.93. The second-order valence-electron chi connectivity index (χ2n) is 6.98. The van der Waals surface area contributed by atoms with Crippen LogP contribution in [-0.2, 0) is 0 Å². The second-order valence-corrected chi connectivity index (χ2v) is 7.87. The number of hydrogen-bond donors (Lipinski definition) is 1. The van der Waals surface area contributed by atoms with E-state index in [9.17, 15) is 4.39 Å². The molecular formula is C24H17FN4S. The van der Waals surface area contributed by atoms with Crippen LogP contribution in [0.1, 0.15) is 5.56 Å². The van der Waals surface area contributed by atoms with E-state index in [0.29, 0.717) is 5.56 Å². The van der Waals surface area contributed by atoms with E-state index in [1.54, 1.807) is 42.9 Å². The van der Waals surface area contributed by atoms with Crippen molar-refractivity contribution < 1.29 is 4.39 Å². The molecule has 146 valence electrons. The molecule has 0 unspecified atom stereocenters. The fourth-order valence-corrected chi connectivity index (χ4v) is 4.12. The molecule has 4 nitrogen and oxygen atoms in total. The molecule has 3 heterocycles. The standard InChI is InChI=1S/C24H17FN4S/c1-15-10-17(2-4-21(15)25)24-20(16-3-5-22-23(11-16)30-14-28-22)12-19(13-27-24)29-18-6-8-26-9-7-18/h2-14H,1H3,(H,26,29). The fraction of sp³-hybridized carbons (Fsp3) is 0.0417. The van der Waals surface area contributed by atoms with Crippen LogP contribution in [0.4, 0.5) is 15.8 Å². The predicted octanol–water partition coefficient (Wildman–Crippen LogP) is 6.61. The van der Waals surface area contributed by atoms with Crippen molar-refractivity contribution >= 4 is 32.9 Å². The van der Waals surface area contributed by atoms with Gasteiger partial charge in [0.25, 0.3) is 0 Å². The van der Waals surface area contributed by atoms with Gasteiger partial charge in [-0.25, -0.2) is 9.37 Å². The minimum absolute atomic E-state index is 0.220. The molecule has 0 radical (unpaired) electrons. The number of thiazole rings is 1. The molecule has 0 spiro atoms. The Balaban J connectivity index is 1.66. The highest BCUT2D eigenvalue weighted by molar-refractivity contribution is 7.16. The molecule has 0 bridgehead atoms. The molecule has 0 saturated heterocycles. The Bertz CT molecular complexity index is 1350. The number of halogens is 1. The number of aryl methyl sites for hydroxylation is 1. The third kappa shape index (κ3) is 3.53. The largest absolute Gasteiger partial charge is 0.354 e. The first-order valence-electron chi connectivity index (χ1n) is 9.44. The van der Waals surface area contributed by atoms with Crippen LogP contribution in [0.25, 0.3) is 32.6 Å². The summed E-state index contributed by atoms with van der Waals surface area (Å²) >= 11 is 1.61. The zero-order valence-electron chi connectivity index (χ0n) is 16.1. The van der Waals surface area contributed by atoms with Gasteiger partial charge in [0.15, 0.2) is 0 Å². The van der Waals surface area contributed by atoms with Gasteiger partial charge in [-0.3, -0.25) is 9.97 Å². The van der Waals surface area contributed by atoms with Crippen molar-refractivity contribution in [3.63, 3.8) is 0 Å². The Morgan fingerprint density at radius 2 is 1.70 bits per heavy atom. The summed E-state index contributed by atoms with van der Waals surface area (Å²) in [6.07, 6.45) is 5.28. The molecule has 2 aromatic carbocycles. The highest BCUT2D eigenvalue weighted by Crippen LogP contribution is 2.35. The normalized spacial score (nSPS) is 11.0. The van der Waals surface area contributed by atoms with Crippen molar-refractivity contribution in [2.24, 2.45) is 0 Å². The molecule has 5 rings (SSSR count). The summed E-state index contributed by atoms with van der Waals surface area (Å²) < 4.78 is 15.0. The van der Waals surface area contributed by atoms with Crippen molar-refractivity contribution in [3.8, 4) is 22.4 Å². The van der Waals surface area contributed by atoms with E-state index in [1.807, 2.05) is 29.8 Å². The molecule has 30 heavy (non-hydrogen) atoms. The Kier molecular flexibility index (Phi) is 4.69. The lowest BCUT2D eigenvalue weighted by Crippen LogP contribution is -1.96. The van der Waals surface area contributed by atoms with Crippen molar-refractivity contribution in [2.45, 2.75) is 6.92 Å². The number of pyridine rings is 2. The second kappa shape index (κ2) is 7.65. The van der Waals surface area contributed by atoms with Crippen molar-refractivity contribution in [3.05, 3.63) is 90.1 Å². The first-order valence-corrected chi connectivity index (χ1v) is 10.3. The van der Waals surface area contributed by atoms with Gasteiger partial charge in [-0.2, -0.15) is 0 Å². The number of nitrogens with zero attached hydrogens (tertiary/aromatic N) is 3. The topological polar surface area (TPSA) is 50.7 Å². The smallest absolute Gasteiger partial charge is 0.126 e. The number of aromatic nitrogens is 3. The van der Waals surface area contributed by atoms with E-state index in [2.05, 4.69) is 33.5 Å². The lowest BCUT2D eigenvalue weighted by atomic mass is 9.97. The number of rotatable bonds is 4. The fourth-order valence-electron chi connectivity index (χ4n) is 3.40. The first-order chi connectivity index (χ1) is 14.7. The molecule has 1 N–H and O–H groups in total. The molecular weight excluding hydrogens is 395 g/mol. The van der Waals surface area contributed by atoms with Crippen molar-refractivity contribution in [1.29, 1.82) is 0 Å². The molecule has 0 atom stereocenters. The maximum absolute atomic E-state index is 13.8. The molecule has 0 saturated carbocycles. The van der Waals surface area contributed by atoms with Gasteiger partial charge < -0.3 is 5.32 Å². The molecule has 0 fully saturated rings. The maximum Gasteiger partial charge on any atom is 0.126 e. The Hall–Kier alpha value is -3.64. The third-order valence-corrected chi connectivity index (χ3v) is 5.72. The molecule has 0 aliphatic rings. The molecule has 3 aromatic heterocycles. The van der Waals surface area contributed by atoms with E-state index < -0.39 is 0 Å². The molecule has 0 aliphatic carbocycles. The summed E-state index contributed by atoms with van der Waals surface area (Å²) in [5.41, 5.74) is 8.90. The molecule has 6 heteroatoms. The average Bonchev–Trinajstić information content (AvgIpc) is 3.24. The summed E-state index contributed by atoms with van der Waals surface area (Å²) in [7, 11) is 0. The van der Waals surface area contributed by atoms with Gasteiger partial charge in [0.2, 0.25) is 0 Å². The van der Waals surface area contributed by atoms with Gasteiger partial charge in [0.1, 0.15) is 5.82 Å². The Labute approximate surface area is 177 Å². The molecule has 0 amide bonds. The first kappa shape index (κ1) is 18.4. The summed E-state index contributed by atoms with van der Waals surface area (Å²) in [5, 5.41) is 3.37. The number of hydrogen-bond acceptors (Lipinski definition) is 5. The van der Waals surface area contributed by atoms with Crippen LogP contribution < -0.4 is 5.32 Å². The Morgan fingerprint density at radius 1 is 0.867 bits per heavy atom. The van der Waals surface area contributed by atoms with Gasteiger partial charge in [-0.15, -0.1) is 11.3 Å². The van der Waals surface area contributed by atoms with Crippen LogP contribution in [0.5, 0.6) is 0 Å². The summed E-state index contributed by atoms with van der Waals surface area (Å²) in [5.74, 6) is -0.220. The Morgan fingerprint density at radius 3 is 2.53 bits per heavy atom. The quantitative estimate of drug-likeness (QED) is 0.361. The van der Waals surface area contributed by atoms with Crippen molar-refractivity contribution in [2.75, 3.05) is 5.32 Å². The SMILES string of the molecule is Cc1cc(-c2ncc(Nc3ccncc3)cc2-c2ccc3ncsc3c2)ccc1F. The van der Waals surface area contributed by atoms with Crippen LogP contribution in [0, 0.1) is 12.7 Å². The van der Waals surface area contributed by atoms with Gasteiger partial charge >= 0.3 is 0 Å². The average molecular weight is 412 g/mol. The molecule has 5 aromatic rings. The summed E-state index contributed by atoms with van der Waals surface area (Å²) in [6, 6.07) is 17.2. The van der Waals surface area contributed by atoms with Crippen molar-refractivity contribution in [1.82, 2.24) is 15.0 Å². The van der Waals surface area contributed by atoms with Crippen LogP contribution >= 0.6 is 11.3 Å². The maximum atomic E-state index is 13.8. The number of fused-ring (bicyclic) bond motifs is 1. The summed E-state index contributed by atoms with van der Waals surface area (Å²) in [4.78, 5) is 13.2. The molecule has 0 aliphatic heterocycles. The van der Waals surface area contributed by atoms with E-state index in [0.717, 1.165) is 44.0 Å². The minimum atomic E-state index is -0.220. The van der Waals surface area contributed by atoms with Gasteiger partial charge in [-0.1, -0.05) is 6.07 Å². The van der Waals surface area contributed by atoms with Gasteiger partial charge in [-0.05, 0) is 66.6 Å². The van der Waals surface area contributed by atoms with E-state index in [-0.39, 0.29) is 5.82 Å². The number of anilines is 2. The van der Waals surface area contributed by atoms with Gasteiger partial charge in [0, 0.05) is 29.2 Å². The van der Waals surface area contributed by atoms with E-state index >= 15 is 0 Å². The lowest BCUT2D eigenvalue weighted by molar-refractivity contribution is 0.619. The monoisotopic (exact) mass is 412 g/mol. The van der Waals surface area contributed by atoms with Crippen LogP contribution in [-0.4, -0.2) is 15.0 Å². The highest BCUT2D eigenvalue weighted by Gasteiger charge is 2.13. The zero-order chi connectivity index (χ0) is 20.5. The lowest BCUT2D eigenvalue weighted by Gasteiger charge is -2.14. The highest BCUT2D eigenvalue weighted by atomic mass is 32.1. The van der Waals surface area contributed by atoms with E-state index in [4.69, 9.17) is 4.98 Å². The van der Waals surface area contributed by atoms with Crippen LogP contribution in [0.15, 0.2) is 78.7 Å².